The Labute approximate surface area is 474 Å². The van der Waals surface area contributed by atoms with E-state index in [0.717, 1.165) is 0 Å². The zero-order chi connectivity index (χ0) is 56.6. The quantitative estimate of drug-likeness (QED) is 0.107. The fraction of sp³-hybridized carbons (Fsp3) is 0.750. The predicted molar refractivity (Wildman–Crippen MR) is 350 cm³/mol. The standard InChI is InChI=1S/C64H112Ge8/c1-49(2)65(50(3)4)33-35-66(51(5)6,52(7)8)37-39-68(55(13)14,56(15)16)41-43-70(59(21)22,60(23)24)45-47-72(63(29)30,64(31)32)48-46-71(61(25)26,62(27)28)44-42-69(57(17)18,58(19)20)40-38-67(36-34-65,53(9)10)54(11)12/h49-64H,1-32H3. The topological polar surface area (TPSA) is 0 Å². The summed E-state index contributed by atoms with van der Waals surface area (Å²) in [4.78, 5) is 0. The first-order chi connectivity index (χ1) is 32.8. The molecule has 0 unspecified atom stereocenters. The molecule has 72 heavy (non-hydrogen) atoms. The van der Waals surface area contributed by atoms with Gasteiger partial charge >= 0.3 is 480 Å². The van der Waals surface area contributed by atoms with Crippen molar-refractivity contribution in [2.24, 2.45) is 0 Å². The molecular formula is C64H112Ge8. The van der Waals surface area contributed by atoms with Gasteiger partial charge in [0.15, 0.2) is 0 Å². The first-order valence-electron chi connectivity index (χ1n) is 29.1. The summed E-state index contributed by atoms with van der Waals surface area (Å²) < 4.78 is 77.0. The monoisotopic (exact) mass is 1470 g/mol. The second-order valence-electron chi connectivity index (χ2n) is 27.4. The van der Waals surface area contributed by atoms with Crippen LogP contribution in [0.15, 0.2) is 0 Å². The third-order valence-electron chi connectivity index (χ3n) is 18.4. The van der Waals surface area contributed by atoms with Crippen LogP contribution in [0, 0.1) is 76.0 Å². The molecule has 1 heterocycles. The maximum absolute atomic E-state index is 4.38. The summed E-state index contributed by atoms with van der Waals surface area (Å²) in [5, 5.41) is 0. The van der Waals surface area contributed by atoms with Gasteiger partial charge in [0, 0.05) is 0 Å². The molecule has 0 atom stereocenters. The van der Waals surface area contributed by atoms with Crippen molar-refractivity contribution in [3.8, 4) is 76.0 Å². The van der Waals surface area contributed by atoms with Gasteiger partial charge < -0.3 is 0 Å². The van der Waals surface area contributed by atoms with Gasteiger partial charge in [0.25, 0.3) is 0 Å². The van der Waals surface area contributed by atoms with E-state index >= 15 is 0 Å². The van der Waals surface area contributed by atoms with Gasteiger partial charge in [-0.25, -0.2) is 0 Å². The molecule has 0 saturated heterocycles. The van der Waals surface area contributed by atoms with E-state index in [1.807, 2.05) is 0 Å². The van der Waals surface area contributed by atoms with Gasteiger partial charge in [-0.15, -0.1) is 0 Å². The summed E-state index contributed by atoms with van der Waals surface area (Å²) in [5.74, 6) is 0. The predicted octanol–water partition coefficient (Wildman–Crippen LogP) is 18.8. The van der Waals surface area contributed by atoms with Crippen LogP contribution in [0.5, 0.6) is 0 Å². The molecule has 8 heteroatoms. The van der Waals surface area contributed by atoms with Crippen molar-refractivity contribution in [1.29, 1.82) is 0 Å². The molecule has 1 aliphatic heterocycles. The van der Waals surface area contributed by atoms with Crippen LogP contribution in [0.3, 0.4) is 0 Å². The van der Waals surface area contributed by atoms with E-state index < -0.39 is 106 Å². The van der Waals surface area contributed by atoms with Crippen LogP contribution in [0.2, 0.25) is 76.0 Å². The van der Waals surface area contributed by atoms with E-state index in [-0.39, 0.29) is 0 Å². The molecule has 1 rings (SSSR count). The molecule has 0 amide bonds. The summed E-state index contributed by atoms with van der Waals surface area (Å²) in [5.41, 5.74) is 0. The number of rotatable bonds is 16. The minimum absolute atomic E-state index is 0.432. The average Bonchev–Trinajstić information content (AvgIpc) is 3.23. The fourth-order valence-corrected chi connectivity index (χ4v) is 97.7. The minimum atomic E-state index is -3.28. The van der Waals surface area contributed by atoms with Gasteiger partial charge in [-0.3, -0.25) is 0 Å². The number of hydrogen-bond donors (Lipinski definition) is 0. The van der Waals surface area contributed by atoms with Crippen molar-refractivity contribution in [3.05, 3.63) is 0 Å². The molecule has 0 spiro atoms. The average molecular weight is 1460 g/mol. The molecular weight excluding hydrogens is 1350 g/mol. The Morgan fingerprint density at radius 1 is 0.111 bits per heavy atom. The Bertz CT molecular complexity index is 1710. The van der Waals surface area contributed by atoms with Crippen LogP contribution in [0.25, 0.3) is 0 Å². The molecule has 0 fully saturated rings. The van der Waals surface area contributed by atoms with Gasteiger partial charge in [-0.2, -0.15) is 0 Å². The third-order valence-corrected chi connectivity index (χ3v) is 106. The van der Waals surface area contributed by atoms with E-state index in [9.17, 15) is 0 Å². The Morgan fingerprint density at radius 3 is 0.181 bits per heavy atom. The van der Waals surface area contributed by atoms with Gasteiger partial charge in [-0.1, -0.05) is 0 Å². The van der Waals surface area contributed by atoms with Gasteiger partial charge in [0.2, 0.25) is 0 Å². The van der Waals surface area contributed by atoms with Gasteiger partial charge in [0.05, 0.1) is 0 Å². The third kappa shape index (κ3) is 14.8. The second-order valence-corrected chi connectivity index (χ2v) is 104. The van der Waals surface area contributed by atoms with Gasteiger partial charge in [0.1, 0.15) is 0 Å². The fourth-order valence-electron chi connectivity index (χ4n) is 11.9. The Balaban J connectivity index is 5.60. The Morgan fingerprint density at radius 2 is 0.153 bits per heavy atom. The van der Waals surface area contributed by atoms with Crippen LogP contribution < -0.4 is 0 Å². The van der Waals surface area contributed by atoms with Crippen molar-refractivity contribution >= 4 is 106 Å². The first-order valence-corrected chi connectivity index (χ1v) is 65.3. The number of hydrogen-bond acceptors (Lipinski definition) is 0. The first kappa shape index (κ1) is 70.8. The zero-order valence-electron chi connectivity index (χ0n) is 53.2. The van der Waals surface area contributed by atoms with Crippen LogP contribution in [-0.2, 0) is 0 Å². The van der Waals surface area contributed by atoms with Crippen LogP contribution in [0.1, 0.15) is 222 Å². The van der Waals surface area contributed by atoms with Crippen molar-refractivity contribution in [2.45, 2.75) is 298 Å². The summed E-state index contributed by atoms with van der Waals surface area (Å²) in [6.07, 6.45) is 0. The van der Waals surface area contributed by atoms with Crippen molar-refractivity contribution in [3.63, 3.8) is 0 Å². The van der Waals surface area contributed by atoms with Crippen LogP contribution in [-0.4, -0.2) is 106 Å². The molecule has 0 nitrogen and oxygen atoms in total. The van der Waals surface area contributed by atoms with E-state index in [1.54, 1.807) is 0 Å². The van der Waals surface area contributed by atoms with E-state index in [4.69, 9.17) is 0 Å². The molecule has 0 N–H and O–H groups in total. The van der Waals surface area contributed by atoms with Crippen LogP contribution >= 0.6 is 0 Å². The Kier molecular flexibility index (Phi) is 27.8. The summed E-state index contributed by atoms with van der Waals surface area (Å²) in [6, 6.07) is 0. The zero-order valence-corrected chi connectivity index (χ0v) is 70.0. The molecule has 400 valence electrons. The van der Waals surface area contributed by atoms with Gasteiger partial charge in [-0.05, 0) is 0 Å². The summed E-state index contributed by atoms with van der Waals surface area (Å²) in [7, 11) is 0. The SMILES string of the molecule is C[CH](C)[Ge]1([CH](C)C)[C]#[C][Ge]([CH](C)C)([CH](C)C)[C]#[C][Ge]([CH](C)C)([CH](C)C)[C]#[C][Ge]([CH](C)C)([CH](C)C)[C]#[C][Ge]([CH](C)C)([CH](C)C)[C]#[C][Ge]([CH](C)C)([CH](C)C)[C]#[C][Ge]([CH](C)C)([CH](C)C)[C]#[C][Ge]([CH](C)C)([CH](C)C)[C]#[C]1. The second kappa shape index (κ2) is 28.3. The van der Waals surface area contributed by atoms with Crippen LogP contribution in [0.4, 0.5) is 0 Å². The summed E-state index contributed by atoms with van der Waals surface area (Å²) in [6.45, 7) is 78.6. The molecule has 0 aliphatic carbocycles. The molecule has 0 saturated carbocycles. The molecule has 1 aliphatic rings. The summed E-state index contributed by atoms with van der Waals surface area (Å²) >= 11 is -26.3. The maximum atomic E-state index is 4.38. The molecule has 0 aromatic heterocycles. The van der Waals surface area contributed by atoms with E-state index in [0.29, 0.717) is 76.0 Å². The molecule has 0 radical (unpaired) electrons. The molecule has 0 aromatic rings. The molecule has 0 bridgehead atoms. The van der Waals surface area contributed by atoms with Crippen molar-refractivity contribution in [1.82, 2.24) is 0 Å². The van der Waals surface area contributed by atoms with Crippen molar-refractivity contribution < 1.29 is 0 Å². The normalized spacial score (nSPS) is 19.8. The molecule has 0 aromatic carbocycles. The van der Waals surface area contributed by atoms with Crippen molar-refractivity contribution in [2.75, 3.05) is 0 Å². The van der Waals surface area contributed by atoms with E-state index in [1.165, 1.54) is 0 Å². The Hall–Kier alpha value is 0.823. The van der Waals surface area contributed by atoms with E-state index in [2.05, 4.69) is 298 Å².